The number of benzene rings is 2. The molecule has 0 amide bonds. The van der Waals surface area contributed by atoms with Crippen LogP contribution in [0.2, 0.25) is 0 Å². The van der Waals surface area contributed by atoms with E-state index in [0.717, 1.165) is 41.9 Å². The molecule has 0 aliphatic carbocycles. The van der Waals surface area contributed by atoms with E-state index in [4.69, 9.17) is 4.42 Å². The van der Waals surface area contributed by atoms with Crippen molar-refractivity contribution in [1.82, 2.24) is 45.5 Å². The Hall–Kier alpha value is -4.32. The van der Waals surface area contributed by atoms with Gasteiger partial charge in [0, 0.05) is 29.8 Å². The Balaban J connectivity index is 1.19. The summed E-state index contributed by atoms with van der Waals surface area (Å²) in [6.45, 7) is 2.95. The maximum atomic E-state index is 12.7. The van der Waals surface area contributed by atoms with E-state index in [1.165, 1.54) is 10.5 Å². The minimum absolute atomic E-state index is 0.0448. The molecule has 0 unspecified atom stereocenters. The van der Waals surface area contributed by atoms with Crippen LogP contribution in [-0.4, -0.2) is 46.7 Å². The third kappa shape index (κ3) is 4.19. The lowest BCUT2D eigenvalue weighted by Gasteiger charge is -2.16. The summed E-state index contributed by atoms with van der Waals surface area (Å²) in [4.78, 5) is 1.50. The molecule has 1 aliphatic rings. The number of nitrogens with zero attached hydrogens (tertiary/aromatic N) is 8. The van der Waals surface area contributed by atoms with Crippen LogP contribution in [0.3, 0.4) is 0 Å². The molecule has 0 saturated carbocycles. The molecule has 35 heavy (non-hydrogen) atoms. The van der Waals surface area contributed by atoms with Crippen molar-refractivity contribution >= 4 is 0 Å². The van der Waals surface area contributed by atoms with E-state index in [1.54, 1.807) is 12.1 Å². The summed E-state index contributed by atoms with van der Waals surface area (Å²) in [6, 6.07) is 15.1. The quantitative estimate of drug-likeness (QED) is 0.398. The van der Waals surface area contributed by atoms with Gasteiger partial charge in [-0.25, -0.2) is 0 Å². The second-order valence-electron chi connectivity index (χ2n) is 8.07. The van der Waals surface area contributed by atoms with Gasteiger partial charge in [-0.2, -0.15) is 18.7 Å². The van der Waals surface area contributed by atoms with Crippen LogP contribution in [0, 0.1) is 0 Å². The van der Waals surface area contributed by atoms with Gasteiger partial charge in [0.05, 0.1) is 25.0 Å². The van der Waals surface area contributed by atoms with Crippen molar-refractivity contribution in [3.8, 4) is 34.0 Å². The molecule has 176 valence electrons. The number of halogens is 2. The number of hydrogen-bond acceptors (Lipinski definition) is 8. The minimum Gasteiger partial charge on any atom is -0.415 e. The normalized spacial score (nSPS) is 13.3. The molecule has 12 heteroatoms. The first-order valence-corrected chi connectivity index (χ1v) is 11.0. The highest BCUT2D eigenvalue weighted by Gasteiger charge is 2.18. The molecule has 2 aromatic carbocycles. The molecule has 0 atom stereocenters. The summed E-state index contributed by atoms with van der Waals surface area (Å²) in [5.41, 5.74) is 5.62. The van der Waals surface area contributed by atoms with Crippen LogP contribution in [0.1, 0.15) is 23.6 Å². The number of tetrazole rings is 1. The van der Waals surface area contributed by atoms with E-state index in [1.807, 2.05) is 41.2 Å². The van der Waals surface area contributed by atoms with Crippen molar-refractivity contribution in [2.45, 2.75) is 26.1 Å². The highest BCUT2D eigenvalue weighted by Crippen LogP contribution is 2.28. The zero-order chi connectivity index (χ0) is 23.8. The van der Waals surface area contributed by atoms with E-state index < -0.39 is 12.3 Å². The van der Waals surface area contributed by atoms with Gasteiger partial charge < -0.3 is 9.73 Å². The van der Waals surface area contributed by atoms with Crippen LogP contribution in [0.15, 0.2) is 59.1 Å². The first-order valence-electron chi connectivity index (χ1n) is 11.0. The maximum absolute atomic E-state index is 12.7. The van der Waals surface area contributed by atoms with Crippen LogP contribution in [0.25, 0.3) is 34.0 Å². The summed E-state index contributed by atoms with van der Waals surface area (Å²) in [5, 5.41) is 27.8. The lowest BCUT2D eigenvalue weighted by molar-refractivity contribution is 0.116. The SMILES string of the molecule is FC(F)c1nnc(-c2ccc(Cn3nnc(-c4cccc(-c5cnn6c5CNCC6)c4)n3)cc2)o1. The highest BCUT2D eigenvalue weighted by molar-refractivity contribution is 5.71. The fraction of sp³-hybridized carbons (Fsp3) is 0.217. The zero-order valence-corrected chi connectivity index (χ0v) is 18.3. The van der Waals surface area contributed by atoms with Crippen LogP contribution < -0.4 is 5.32 Å². The molecule has 0 radical (unpaired) electrons. The predicted molar refractivity (Wildman–Crippen MR) is 120 cm³/mol. The van der Waals surface area contributed by atoms with E-state index in [9.17, 15) is 8.78 Å². The Labute approximate surface area is 197 Å². The Kier molecular flexibility index (Phi) is 5.34. The molecule has 10 nitrogen and oxygen atoms in total. The highest BCUT2D eigenvalue weighted by atomic mass is 19.3. The largest absolute Gasteiger partial charge is 0.415 e. The molecule has 5 aromatic rings. The molecule has 4 heterocycles. The summed E-state index contributed by atoms with van der Waals surface area (Å²) in [7, 11) is 0. The number of alkyl halides is 2. The zero-order valence-electron chi connectivity index (χ0n) is 18.3. The van der Waals surface area contributed by atoms with Gasteiger partial charge in [0.1, 0.15) is 0 Å². The predicted octanol–water partition coefficient (Wildman–Crippen LogP) is 3.34. The molecule has 1 N–H and O–H groups in total. The maximum Gasteiger partial charge on any atom is 0.314 e. The van der Waals surface area contributed by atoms with Crippen molar-refractivity contribution < 1.29 is 13.2 Å². The molecule has 6 rings (SSSR count). The summed E-state index contributed by atoms with van der Waals surface area (Å²) in [6.07, 6.45) is -0.899. The molecule has 0 spiro atoms. The Morgan fingerprint density at radius 2 is 1.86 bits per heavy atom. The average Bonchev–Trinajstić information content (AvgIpc) is 3.64. The Morgan fingerprint density at radius 3 is 2.69 bits per heavy atom. The summed E-state index contributed by atoms with van der Waals surface area (Å²) in [5.74, 6) is -0.131. The number of fused-ring (bicyclic) bond motifs is 1. The number of aromatic nitrogens is 8. The van der Waals surface area contributed by atoms with Crippen LogP contribution in [0.4, 0.5) is 8.78 Å². The minimum atomic E-state index is -2.80. The summed E-state index contributed by atoms with van der Waals surface area (Å²) < 4.78 is 32.3. The third-order valence-electron chi connectivity index (χ3n) is 5.78. The lowest BCUT2D eigenvalue weighted by atomic mass is 10.0. The van der Waals surface area contributed by atoms with Crippen molar-refractivity contribution in [3.63, 3.8) is 0 Å². The van der Waals surface area contributed by atoms with Crippen LogP contribution in [0.5, 0.6) is 0 Å². The average molecular weight is 475 g/mol. The van der Waals surface area contributed by atoms with E-state index in [2.05, 4.69) is 42.1 Å². The van der Waals surface area contributed by atoms with Gasteiger partial charge in [-0.1, -0.05) is 30.3 Å². The van der Waals surface area contributed by atoms with Gasteiger partial charge in [0.25, 0.3) is 5.89 Å². The Morgan fingerprint density at radius 1 is 1.00 bits per heavy atom. The van der Waals surface area contributed by atoms with E-state index in [0.29, 0.717) is 17.9 Å². The summed E-state index contributed by atoms with van der Waals surface area (Å²) >= 11 is 0. The topological polar surface area (TPSA) is 112 Å². The van der Waals surface area contributed by atoms with Gasteiger partial charge in [0.2, 0.25) is 11.7 Å². The Bertz CT molecular complexity index is 1470. The molecular formula is C23H19F2N9O. The smallest absolute Gasteiger partial charge is 0.314 e. The van der Waals surface area contributed by atoms with Gasteiger partial charge in [-0.05, 0) is 34.5 Å². The monoisotopic (exact) mass is 475 g/mol. The first kappa shape index (κ1) is 21.2. The van der Waals surface area contributed by atoms with E-state index in [-0.39, 0.29) is 5.89 Å². The molecule has 1 aliphatic heterocycles. The molecule has 0 fully saturated rings. The standard InChI is InChI=1S/C23H19F2N9O/c24-20(25)23-30-29-22(35-23)15-6-4-14(5-7-15)13-34-31-21(28-32-34)17-3-1-2-16(10-17)18-11-27-33-9-8-26-12-19(18)33/h1-7,10-11,20,26H,8-9,12-13H2. The molecule has 0 saturated heterocycles. The van der Waals surface area contributed by atoms with Crippen molar-refractivity contribution in [2.75, 3.05) is 6.54 Å². The molecular weight excluding hydrogens is 456 g/mol. The lowest BCUT2D eigenvalue weighted by Crippen LogP contribution is -2.28. The van der Waals surface area contributed by atoms with Crippen molar-refractivity contribution in [3.05, 3.63) is 71.9 Å². The van der Waals surface area contributed by atoms with Crippen molar-refractivity contribution in [1.29, 1.82) is 0 Å². The number of hydrogen-bond donors (Lipinski definition) is 1. The first-order chi connectivity index (χ1) is 17.1. The van der Waals surface area contributed by atoms with Gasteiger partial charge in [-0.15, -0.1) is 20.4 Å². The number of rotatable bonds is 6. The third-order valence-corrected chi connectivity index (χ3v) is 5.78. The van der Waals surface area contributed by atoms with Gasteiger partial charge in [0.15, 0.2) is 0 Å². The molecule has 3 aromatic heterocycles. The van der Waals surface area contributed by atoms with E-state index >= 15 is 0 Å². The van der Waals surface area contributed by atoms with Crippen molar-refractivity contribution in [2.24, 2.45) is 0 Å². The van der Waals surface area contributed by atoms with Gasteiger partial charge in [-0.3, -0.25) is 4.68 Å². The second kappa shape index (κ2) is 8.80. The number of nitrogens with one attached hydrogen (secondary N) is 1. The molecule has 0 bridgehead atoms. The fourth-order valence-electron chi connectivity index (χ4n) is 4.03. The second-order valence-corrected chi connectivity index (χ2v) is 8.07. The fourth-order valence-corrected chi connectivity index (χ4v) is 4.03. The van der Waals surface area contributed by atoms with Gasteiger partial charge >= 0.3 is 6.43 Å². The van der Waals surface area contributed by atoms with Crippen LogP contribution in [-0.2, 0) is 19.6 Å². The van der Waals surface area contributed by atoms with Crippen LogP contribution >= 0.6 is 0 Å².